The number of carbonyl (C=O) groups is 3. The summed E-state index contributed by atoms with van der Waals surface area (Å²) < 4.78 is 6.16. The number of amides is 4. The predicted molar refractivity (Wildman–Crippen MR) is 186 cm³/mol. The van der Waals surface area contributed by atoms with E-state index < -0.39 is 18.2 Å². The van der Waals surface area contributed by atoms with E-state index in [0.717, 1.165) is 32.5 Å². The highest BCUT2D eigenvalue weighted by Gasteiger charge is 2.52. The number of benzene rings is 3. The number of nitrogens with zero attached hydrogens (tertiary/aromatic N) is 8. The van der Waals surface area contributed by atoms with Gasteiger partial charge in [0, 0.05) is 25.1 Å². The van der Waals surface area contributed by atoms with Crippen molar-refractivity contribution in [1.82, 2.24) is 50.7 Å². The molecule has 2 saturated heterocycles. The molecule has 16 heteroatoms. The van der Waals surface area contributed by atoms with Crippen molar-refractivity contribution >= 4 is 44.5 Å². The number of rotatable bonds is 11. The average molecular weight is 694 g/mol. The maximum atomic E-state index is 14.4. The van der Waals surface area contributed by atoms with Crippen LogP contribution in [0.15, 0.2) is 79.4 Å². The number of nitrogens with one attached hydrogen (secondary N) is 2. The largest absolute Gasteiger partial charge is 0.497 e. The number of tetrazole rings is 1. The van der Waals surface area contributed by atoms with Crippen LogP contribution in [0.3, 0.4) is 0 Å². The SMILES string of the molecule is C=CCN(C(=O)NCc1ccc(OC)cc1)N1CC(=O)N2[C@@H](Cc3ccc(-c4nn[nH]n4)cc3)C(=O)N(Cc3cccc4sc(N)nc34)C[C@@H]21. The number of hydrazine groups is 1. The number of anilines is 1. The maximum Gasteiger partial charge on any atom is 0.332 e. The van der Waals surface area contributed by atoms with Crippen LogP contribution in [0.2, 0.25) is 0 Å². The van der Waals surface area contributed by atoms with E-state index in [1.54, 1.807) is 28.0 Å². The van der Waals surface area contributed by atoms with Crippen molar-refractivity contribution in [3.8, 4) is 17.1 Å². The molecular formula is C34H35N11O4S. The van der Waals surface area contributed by atoms with Gasteiger partial charge in [0.1, 0.15) is 18.0 Å². The van der Waals surface area contributed by atoms with Gasteiger partial charge in [0.05, 0.1) is 37.0 Å². The Morgan fingerprint density at radius 3 is 2.64 bits per heavy atom. The van der Waals surface area contributed by atoms with Crippen LogP contribution in [0.5, 0.6) is 5.75 Å². The van der Waals surface area contributed by atoms with E-state index in [9.17, 15) is 14.4 Å². The summed E-state index contributed by atoms with van der Waals surface area (Å²) in [6.45, 7) is 4.63. The van der Waals surface area contributed by atoms with Crippen LogP contribution in [0.25, 0.3) is 21.6 Å². The molecule has 50 heavy (non-hydrogen) atoms. The van der Waals surface area contributed by atoms with Crippen LogP contribution in [0.1, 0.15) is 16.7 Å². The maximum absolute atomic E-state index is 14.4. The molecule has 0 saturated carbocycles. The molecule has 0 radical (unpaired) electrons. The van der Waals surface area contributed by atoms with E-state index in [1.807, 2.05) is 66.7 Å². The predicted octanol–water partition coefficient (Wildman–Crippen LogP) is 2.80. The van der Waals surface area contributed by atoms with Crippen LogP contribution < -0.4 is 15.8 Å². The van der Waals surface area contributed by atoms with Crippen LogP contribution in [0, 0.1) is 0 Å². The third-order valence-electron chi connectivity index (χ3n) is 8.88. The highest BCUT2D eigenvalue weighted by atomic mass is 32.1. The topological polar surface area (TPSA) is 179 Å². The number of para-hydroxylation sites is 1. The summed E-state index contributed by atoms with van der Waals surface area (Å²) in [6.07, 6.45) is 1.26. The third-order valence-corrected chi connectivity index (χ3v) is 9.73. The number of aromatic nitrogens is 5. The Labute approximate surface area is 291 Å². The quantitative estimate of drug-likeness (QED) is 0.174. The Morgan fingerprint density at radius 2 is 1.92 bits per heavy atom. The second kappa shape index (κ2) is 13.9. The molecule has 0 bridgehead atoms. The summed E-state index contributed by atoms with van der Waals surface area (Å²) in [5, 5.41) is 20.8. The summed E-state index contributed by atoms with van der Waals surface area (Å²) >= 11 is 1.39. The number of piperazine rings is 1. The molecule has 4 amide bonds. The summed E-state index contributed by atoms with van der Waals surface area (Å²) in [6, 6.07) is 19.5. The fourth-order valence-electron chi connectivity index (χ4n) is 6.48. The van der Waals surface area contributed by atoms with Crippen molar-refractivity contribution in [2.45, 2.75) is 31.7 Å². The summed E-state index contributed by atoms with van der Waals surface area (Å²) in [4.78, 5) is 49.9. The lowest BCUT2D eigenvalue weighted by Gasteiger charge is -2.46. The van der Waals surface area contributed by atoms with Gasteiger partial charge in [-0.2, -0.15) is 10.2 Å². The van der Waals surface area contributed by atoms with E-state index >= 15 is 0 Å². The van der Waals surface area contributed by atoms with Crippen LogP contribution >= 0.6 is 11.3 Å². The van der Waals surface area contributed by atoms with Crippen molar-refractivity contribution in [1.29, 1.82) is 0 Å². The Kier molecular flexibility index (Phi) is 9.10. The van der Waals surface area contributed by atoms with Crippen LogP contribution in [0.4, 0.5) is 9.93 Å². The number of H-pyrrole nitrogens is 1. The summed E-state index contributed by atoms with van der Waals surface area (Å²) in [5.74, 6) is 0.722. The number of aromatic amines is 1. The van der Waals surface area contributed by atoms with Gasteiger partial charge in [-0.1, -0.05) is 65.9 Å². The monoisotopic (exact) mass is 693 g/mol. The highest BCUT2D eigenvalue weighted by molar-refractivity contribution is 7.22. The van der Waals surface area contributed by atoms with Gasteiger partial charge in [0.15, 0.2) is 5.13 Å². The van der Waals surface area contributed by atoms with Crippen LogP contribution in [-0.2, 0) is 29.1 Å². The second-order valence-electron chi connectivity index (χ2n) is 11.9. The Bertz CT molecular complexity index is 2020. The first-order valence-corrected chi connectivity index (χ1v) is 16.8. The highest BCUT2D eigenvalue weighted by Crippen LogP contribution is 2.32. The number of carbonyl (C=O) groups excluding carboxylic acids is 3. The fourth-order valence-corrected chi connectivity index (χ4v) is 7.26. The Hall–Kier alpha value is -5.87. The zero-order valence-corrected chi connectivity index (χ0v) is 28.0. The molecule has 7 rings (SSSR count). The van der Waals surface area contributed by atoms with Crippen molar-refractivity contribution in [3.05, 3.63) is 96.1 Å². The minimum Gasteiger partial charge on any atom is -0.497 e. The minimum absolute atomic E-state index is 0.0823. The average Bonchev–Trinajstić information content (AvgIpc) is 3.88. The van der Waals surface area contributed by atoms with Gasteiger partial charge in [-0.15, -0.1) is 16.8 Å². The number of ether oxygens (including phenoxy) is 1. The third kappa shape index (κ3) is 6.45. The molecule has 0 unspecified atom stereocenters. The van der Waals surface area contributed by atoms with Gasteiger partial charge >= 0.3 is 6.03 Å². The van der Waals surface area contributed by atoms with Gasteiger partial charge in [-0.25, -0.2) is 9.78 Å². The second-order valence-corrected chi connectivity index (χ2v) is 13.0. The molecule has 4 N–H and O–H groups in total. The molecule has 5 aromatic rings. The number of fused-ring (bicyclic) bond motifs is 2. The van der Waals surface area contributed by atoms with Gasteiger partial charge in [0.2, 0.25) is 17.6 Å². The van der Waals surface area contributed by atoms with Crippen molar-refractivity contribution in [2.75, 3.05) is 32.5 Å². The van der Waals surface area contributed by atoms with Gasteiger partial charge in [0.25, 0.3) is 0 Å². The van der Waals surface area contributed by atoms with Crippen molar-refractivity contribution < 1.29 is 19.1 Å². The Balaban J connectivity index is 1.18. The molecule has 2 atom stereocenters. The number of nitrogen functional groups attached to an aromatic ring is 1. The van der Waals surface area contributed by atoms with E-state index in [4.69, 9.17) is 10.5 Å². The molecule has 4 heterocycles. The van der Waals surface area contributed by atoms with Crippen molar-refractivity contribution in [2.24, 2.45) is 0 Å². The lowest BCUT2D eigenvalue weighted by molar-refractivity contribution is -0.157. The summed E-state index contributed by atoms with van der Waals surface area (Å²) in [7, 11) is 1.60. The van der Waals surface area contributed by atoms with E-state index in [2.05, 4.69) is 37.5 Å². The number of nitrogens with two attached hydrogens (primary N) is 1. The Morgan fingerprint density at radius 1 is 1.14 bits per heavy atom. The number of urea groups is 1. The zero-order valence-electron chi connectivity index (χ0n) is 27.2. The standard InChI is InChI=1S/C34H35N11O4S/c1-3-15-43(34(48)36-17-22-9-13-25(49-2)14-10-22)44-20-29(46)45-26(16-21-7-11-23(12-8-21)31-38-40-41-39-31)32(47)42(19-28(44)45)18-24-5-4-6-27-30(24)37-33(35)50-27/h3-14,26,28H,1,15-20H2,2H3,(H2,35,37)(H,36,48)(H,38,39,40,41)/t26-,28+/m0/s1. The normalized spacial score (nSPS) is 17.6. The van der Waals surface area contributed by atoms with Crippen LogP contribution in [-0.4, -0.2) is 102 Å². The van der Waals surface area contributed by atoms with E-state index in [1.165, 1.54) is 16.3 Å². The fraction of sp³-hybridized carbons (Fsp3) is 0.265. The number of methoxy groups -OCH3 is 1. The lowest BCUT2D eigenvalue weighted by atomic mass is 9.99. The number of thiazole rings is 1. The minimum atomic E-state index is -0.824. The first kappa shape index (κ1) is 32.7. The van der Waals surface area contributed by atoms with Gasteiger partial charge in [-0.05, 0) is 40.1 Å². The molecule has 3 aromatic carbocycles. The molecule has 256 valence electrons. The molecule has 15 nitrogen and oxygen atoms in total. The summed E-state index contributed by atoms with van der Waals surface area (Å²) in [5.41, 5.74) is 10.1. The molecule has 2 fully saturated rings. The van der Waals surface area contributed by atoms with E-state index in [0.29, 0.717) is 16.7 Å². The van der Waals surface area contributed by atoms with Gasteiger partial charge in [-0.3, -0.25) is 14.6 Å². The molecule has 2 aliphatic rings. The number of hydrogen-bond donors (Lipinski definition) is 3. The smallest absolute Gasteiger partial charge is 0.332 e. The van der Waals surface area contributed by atoms with Crippen molar-refractivity contribution in [3.63, 3.8) is 0 Å². The molecule has 2 aromatic heterocycles. The first-order chi connectivity index (χ1) is 24.3. The zero-order chi connectivity index (χ0) is 34.8. The molecule has 0 aliphatic carbocycles. The first-order valence-electron chi connectivity index (χ1n) is 15.9. The number of hydrogen-bond acceptors (Lipinski definition) is 11. The molecule has 2 aliphatic heterocycles. The molecule has 0 spiro atoms. The lowest BCUT2D eigenvalue weighted by Crippen LogP contribution is -2.66. The molecular weight excluding hydrogens is 659 g/mol. The van der Waals surface area contributed by atoms with Gasteiger partial charge < -0.3 is 25.6 Å². The van der Waals surface area contributed by atoms with E-state index in [-0.39, 0.29) is 51.0 Å².